The van der Waals surface area contributed by atoms with Gasteiger partial charge in [0.1, 0.15) is 18.0 Å². The highest BCUT2D eigenvalue weighted by molar-refractivity contribution is 9.10. The zero-order valence-corrected chi connectivity index (χ0v) is 12.5. The van der Waals surface area contributed by atoms with Crippen LogP contribution in [0, 0.1) is 0 Å². The molecule has 5 nitrogen and oxygen atoms in total. The lowest BCUT2D eigenvalue weighted by Gasteiger charge is -2.27. The second-order valence-electron chi connectivity index (χ2n) is 4.50. The third kappa shape index (κ3) is 3.26. The van der Waals surface area contributed by atoms with Crippen molar-refractivity contribution in [3.8, 4) is 0 Å². The molecule has 1 fully saturated rings. The molecule has 0 radical (unpaired) electrons. The zero-order chi connectivity index (χ0) is 13.8. The molecule has 1 saturated heterocycles. The summed E-state index contributed by atoms with van der Waals surface area (Å²) in [4.78, 5) is 10.8. The van der Waals surface area contributed by atoms with Crippen LogP contribution in [0.4, 0.5) is 17.3 Å². The van der Waals surface area contributed by atoms with E-state index in [1.807, 2.05) is 30.3 Å². The number of ether oxygens (including phenoxy) is 1. The van der Waals surface area contributed by atoms with Crippen molar-refractivity contribution in [3.05, 3.63) is 41.1 Å². The van der Waals surface area contributed by atoms with Gasteiger partial charge in [-0.05, 0) is 18.2 Å². The molecule has 0 aliphatic carbocycles. The summed E-state index contributed by atoms with van der Waals surface area (Å²) in [7, 11) is 0. The Hall–Kier alpha value is -1.66. The number of hydrogen-bond donors (Lipinski definition) is 1. The van der Waals surface area contributed by atoms with Crippen molar-refractivity contribution in [3.63, 3.8) is 0 Å². The Kier molecular flexibility index (Phi) is 4.13. The number of benzene rings is 1. The summed E-state index contributed by atoms with van der Waals surface area (Å²) in [5.41, 5.74) is 0.992. The molecule has 0 spiro atoms. The molecule has 1 aromatic heterocycles. The van der Waals surface area contributed by atoms with E-state index < -0.39 is 0 Å². The zero-order valence-electron chi connectivity index (χ0n) is 10.9. The first-order valence-electron chi connectivity index (χ1n) is 6.48. The number of halogens is 1. The van der Waals surface area contributed by atoms with Crippen LogP contribution in [0.25, 0.3) is 0 Å². The molecule has 1 aliphatic rings. The topological polar surface area (TPSA) is 50.3 Å². The van der Waals surface area contributed by atoms with Crippen molar-refractivity contribution in [2.75, 3.05) is 36.5 Å². The van der Waals surface area contributed by atoms with Gasteiger partial charge in [0.25, 0.3) is 0 Å². The standard InChI is InChI=1S/C14H15BrN4O/c15-11-2-1-3-12(8-11)18-13-9-14(17-10-16-13)19-4-6-20-7-5-19/h1-3,8-10H,4-7H2,(H,16,17,18). The average Bonchev–Trinajstić information content (AvgIpc) is 2.48. The molecule has 20 heavy (non-hydrogen) atoms. The van der Waals surface area contributed by atoms with Crippen LogP contribution in [0.5, 0.6) is 0 Å². The number of aromatic nitrogens is 2. The minimum atomic E-state index is 0.748. The van der Waals surface area contributed by atoms with E-state index in [0.717, 1.165) is 48.1 Å². The quantitative estimate of drug-likeness (QED) is 0.935. The predicted molar refractivity (Wildman–Crippen MR) is 82.5 cm³/mol. The first kappa shape index (κ1) is 13.3. The maximum Gasteiger partial charge on any atom is 0.135 e. The van der Waals surface area contributed by atoms with Crippen LogP contribution in [0.3, 0.4) is 0 Å². The maximum atomic E-state index is 5.35. The lowest BCUT2D eigenvalue weighted by Crippen LogP contribution is -2.36. The van der Waals surface area contributed by atoms with Gasteiger partial charge in [0, 0.05) is 29.3 Å². The predicted octanol–water partition coefficient (Wildman–Crippen LogP) is 2.82. The van der Waals surface area contributed by atoms with E-state index in [1.165, 1.54) is 0 Å². The third-order valence-electron chi connectivity index (χ3n) is 3.08. The summed E-state index contributed by atoms with van der Waals surface area (Å²) in [6.45, 7) is 3.23. The third-order valence-corrected chi connectivity index (χ3v) is 3.58. The Bertz CT molecular complexity index is 587. The number of rotatable bonds is 3. The van der Waals surface area contributed by atoms with E-state index in [0.29, 0.717) is 0 Å². The second-order valence-corrected chi connectivity index (χ2v) is 5.41. The van der Waals surface area contributed by atoms with Gasteiger partial charge < -0.3 is 15.0 Å². The minimum Gasteiger partial charge on any atom is -0.378 e. The minimum absolute atomic E-state index is 0.748. The van der Waals surface area contributed by atoms with Gasteiger partial charge in [0.05, 0.1) is 13.2 Å². The average molecular weight is 335 g/mol. The molecule has 0 atom stereocenters. The molecule has 2 heterocycles. The first-order chi connectivity index (χ1) is 9.81. The lowest BCUT2D eigenvalue weighted by atomic mass is 10.3. The monoisotopic (exact) mass is 334 g/mol. The van der Waals surface area contributed by atoms with E-state index in [1.54, 1.807) is 6.33 Å². The van der Waals surface area contributed by atoms with Gasteiger partial charge in [0.15, 0.2) is 0 Å². The van der Waals surface area contributed by atoms with E-state index >= 15 is 0 Å². The van der Waals surface area contributed by atoms with Crippen molar-refractivity contribution < 1.29 is 4.74 Å². The summed E-state index contributed by atoms with van der Waals surface area (Å²) >= 11 is 3.46. The molecule has 0 bridgehead atoms. The number of nitrogens with one attached hydrogen (secondary N) is 1. The van der Waals surface area contributed by atoms with Gasteiger partial charge >= 0.3 is 0 Å². The first-order valence-corrected chi connectivity index (χ1v) is 7.28. The molecule has 104 valence electrons. The number of hydrogen-bond acceptors (Lipinski definition) is 5. The Morgan fingerprint density at radius 3 is 2.80 bits per heavy atom. The Morgan fingerprint density at radius 2 is 2.00 bits per heavy atom. The second kappa shape index (κ2) is 6.19. The fourth-order valence-electron chi connectivity index (χ4n) is 2.09. The molecular weight excluding hydrogens is 320 g/mol. The molecule has 1 N–H and O–H groups in total. The smallest absolute Gasteiger partial charge is 0.135 e. The highest BCUT2D eigenvalue weighted by atomic mass is 79.9. The van der Waals surface area contributed by atoms with Gasteiger partial charge in [-0.25, -0.2) is 9.97 Å². The van der Waals surface area contributed by atoms with E-state index in [-0.39, 0.29) is 0 Å². The van der Waals surface area contributed by atoms with Crippen LogP contribution >= 0.6 is 15.9 Å². The summed E-state index contributed by atoms with van der Waals surface area (Å²) < 4.78 is 6.39. The molecule has 0 unspecified atom stereocenters. The molecule has 1 aliphatic heterocycles. The fourth-order valence-corrected chi connectivity index (χ4v) is 2.49. The van der Waals surface area contributed by atoms with Gasteiger partial charge in [0.2, 0.25) is 0 Å². The molecule has 0 saturated carbocycles. The van der Waals surface area contributed by atoms with Crippen molar-refractivity contribution in [1.29, 1.82) is 0 Å². The van der Waals surface area contributed by atoms with Crippen LogP contribution in [-0.4, -0.2) is 36.3 Å². The fraction of sp³-hybridized carbons (Fsp3) is 0.286. The normalized spacial score (nSPS) is 15.2. The van der Waals surface area contributed by atoms with Crippen molar-refractivity contribution in [2.24, 2.45) is 0 Å². The maximum absolute atomic E-state index is 5.35. The van der Waals surface area contributed by atoms with E-state index in [9.17, 15) is 0 Å². The Balaban J connectivity index is 1.77. The van der Waals surface area contributed by atoms with Crippen LogP contribution in [0.15, 0.2) is 41.1 Å². The van der Waals surface area contributed by atoms with Crippen LogP contribution in [0.2, 0.25) is 0 Å². The van der Waals surface area contributed by atoms with Gasteiger partial charge in [-0.3, -0.25) is 0 Å². The van der Waals surface area contributed by atoms with Crippen molar-refractivity contribution in [2.45, 2.75) is 0 Å². The number of anilines is 3. The van der Waals surface area contributed by atoms with Crippen molar-refractivity contribution in [1.82, 2.24) is 9.97 Å². The summed E-state index contributed by atoms with van der Waals surface area (Å²) in [6, 6.07) is 9.95. The Morgan fingerprint density at radius 1 is 1.15 bits per heavy atom. The summed E-state index contributed by atoms with van der Waals surface area (Å²) in [6.07, 6.45) is 1.59. The number of morpholine rings is 1. The highest BCUT2D eigenvalue weighted by Crippen LogP contribution is 2.21. The van der Waals surface area contributed by atoms with Crippen LogP contribution in [0.1, 0.15) is 0 Å². The summed E-state index contributed by atoms with van der Waals surface area (Å²) in [5.74, 6) is 1.72. The molecule has 3 rings (SSSR count). The van der Waals surface area contributed by atoms with E-state index in [4.69, 9.17) is 4.74 Å². The molecule has 6 heteroatoms. The Labute approximate surface area is 126 Å². The lowest BCUT2D eigenvalue weighted by molar-refractivity contribution is 0.122. The molecule has 1 aromatic carbocycles. The SMILES string of the molecule is Brc1cccc(Nc2cc(N3CCOCC3)ncn2)c1. The highest BCUT2D eigenvalue weighted by Gasteiger charge is 2.12. The summed E-state index contributed by atoms with van der Waals surface area (Å²) in [5, 5.41) is 3.29. The molecule has 2 aromatic rings. The number of nitrogens with zero attached hydrogens (tertiary/aromatic N) is 3. The van der Waals surface area contributed by atoms with Crippen molar-refractivity contribution >= 4 is 33.3 Å². The molecule has 0 amide bonds. The van der Waals surface area contributed by atoms with Gasteiger partial charge in [-0.15, -0.1) is 0 Å². The van der Waals surface area contributed by atoms with Gasteiger partial charge in [-0.1, -0.05) is 22.0 Å². The molecular formula is C14H15BrN4O. The largest absolute Gasteiger partial charge is 0.378 e. The van der Waals surface area contributed by atoms with Crippen LogP contribution in [-0.2, 0) is 4.74 Å². The van der Waals surface area contributed by atoms with Crippen LogP contribution < -0.4 is 10.2 Å². The van der Waals surface area contributed by atoms with Gasteiger partial charge in [-0.2, -0.15) is 0 Å². The van der Waals surface area contributed by atoms with E-state index in [2.05, 4.69) is 36.1 Å².